The first-order chi connectivity index (χ1) is 15.6. The van der Waals surface area contributed by atoms with E-state index >= 15 is 0 Å². The lowest BCUT2D eigenvalue weighted by Gasteiger charge is -2.26. The zero-order chi connectivity index (χ0) is 23.6. The van der Waals surface area contributed by atoms with Gasteiger partial charge in [0.25, 0.3) is 0 Å². The fraction of sp³-hybridized carbons (Fsp3) is 0.381. The number of carbonyl (C=O) groups is 1. The van der Waals surface area contributed by atoms with E-state index in [0.717, 1.165) is 0 Å². The number of hydrogen-bond acceptors (Lipinski definition) is 7. The monoisotopic (exact) mass is 498 g/mol. The van der Waals surface area contributed by atoms with Crippen molar-refractivity contribution in [2.24, 2.45) is 5.92 Å². The van der Waals surface area contributed by atoms with Crippen molar-refractivity contribution in [3.8, 4) is 11.5 Å². The van der Waals surface area contributed by atoms with Crippen molar-refractivity contribution >= 4 is 31.5 Å². The Labute approximate surface area is 191 Å². The number of nitrogens with one attached hydrogen (secondary N) is 1. The molecule has 178 valence electrons. The number of amides is 1. The van der Waals surface area contributed by atoms with Crippen LogP contribution >= 0.6 is 0 Å². The summed E-state index contributed by atoms with van der Waals surface area (Å²) in [7, 11) is -7.14. The predicted molar refractivity (Wildman–Crippen MR) is 118 cm³/mol. The highest BCUT2D eigenvalue weighted by Gasteiger charge is 2.34. The number of rotatable bonds is 6. The number of halogens is 1. The van der Waals surface area contributed by atoms with E-state index in [1.807, 2.05) is 0 Å². The van der Waals surface area contributed by atoms with E-state index < -0.39 is 37.5 Å². The number of hydrogen-bond donors (Lipinski definition) is 1. The molecule has 4 rings (SSSR count). The normalized spacial score (nSPS) is 20.9. The lowest BCUT2D eigenvalue weighted by molar-refractivity contribution is -0.119. The van der Waals surface area contributed by atoms with Crippen LogP contribution in [0.3, 0.4) is 0 Å². The van der Waals surface area contributed by atoms with Crippen LogP contribution in [0.1, 0.15) is 6.42 Å². The van der Waals surface area contributed by atoms with Crippen molar-refractivity contribution in [1.82, 2.24) is 4.31 Å². The summed E-state index contributed by atoms with van der Waals surface area (Å²) in [6, 6.07) is 9.23. The zero-order valence-corrected chi connectivity index (χ0v) is 19.2. The van der Waals surface area contributed by atoms with Crippen LogP contribution in [-0.2, 0) is 29.4 Å². The molecule has 0 bridgehead atoms. The molecule has 1 N–H and O–H groups in total. The topological polar surface area (TPSA) is 119 Å². The summed E-state index contributed by atoms with van der Waals surface area (Å²) in [4.78, 5) is 12.7. The molecular formula is C21H23FN2O7S2. The molecule has 33 heavy (non-hydrogen) atoms. The van der Waals surface area contributed by atoms with Crippen LogP contribution < -0.4 is 10.1 Å². The summed E-state index contributed by atoms with van der Waals surface area (Å²) < 4.78 is 75.2. The minimum atomic E-state index is -3.85. The summed E-state index contributed by atoms with van der Waals surface area (Å²) in [5.74, 6) is -1.66. The largest absolute Gasteiger partial charge is 0.455 e. The maximum atomic E-state index is 13.2. The predicted octanol–water partition coefficient (Wildman–Crippen LogP) is 2.01. The van der Waals surface area contributed by atoms with Crippen LogP contribution in [0, 0.1) is 11.7 Å². The van der Waals surface area contributed by atoms with Crippen LogP contribution in [-0.4, -0.2) is 64.9 Å². The van der Waals surface area contributed by atoms with Gasteiger partial charge < -0.3 is 14.8 Å². The van der Waals surface area contributed by atoms with Crippen molar-refractivity contribution in [1.29, 1.82) is 0 Å². The smallest absolute Gasteiger partial charge is 0.243 e. The highest BCUT2D eigenvalue weighted by molar-refractivity contribution is 7.91. The van der Waals surface area contributed by atoms with E-state index in [-0.39, 0.29) is 66.3 Å². The van der Waals surface area contributed by atoms with E-state index in [4.69, 9.17) is 9.47 Å². The third kappa shape index (κ3) is 5.52. The summed E-state index contributed by atoms with van der Waals surface area (Å²) >= 11 is 0. The highest BCUT2D eigenvalue weighted by Crippen LogP contribution is 2.34. The van der Waals surface area contributed by atoms with Gasteiger partial charge in [-0.25, -0.2) is 21.2 Å². The molecular weight excluding hydrogens is 475 g/mol. The average Bonchev–Trinajstić information content (AvgIpc) is 3.17. The third-order valence-corrected chi connectivity index (χ3v) is 9.12. The number of anilines is 1. The summed E-state index contributed by atoms with van der Waals surface area (Å²) in [5.41, 5.74) is 0.0722. The molecule has 0 radical (unpaired) electrons. The maximum absolute atomic E-state index is 13.2. The molecule has 2 fully saturated rings. The van der Waals surface area contributed by atoms with Gasteiger partial charge in [0.1, 0.15) is 11.6 Å². The molecule has 0 spiro atoms. The number of sulfone groups is 1. The van der Waals surface area contributed by atoms with E-state index in [1.165, 1.54) is 46.8 Å². The third-order valence-electron chi connectivity index (χ3n) is 5.46. The second kappa shape index (κ2) is 9.37. The maximum Gasteiger partial charge on any atom is 0.243 e. The minimum absolute atomic E-state index is 0.0507. The second-order valence-corrected chi connectivity index (χ2v) is 12.0. The molecule has 2 aliphatic heterocycles. The summed E-state index contributed by atoms with van der Waals surface area (Å²) in [6.07, 6.45) is 0.189. The number of morpholine rings is 1. The molecule has 0 saturated carbocycles. The SMILES string of the molecule is O=C(Nc1cc(S(=O)(=O)N2CCOCC2)ccc1Oc1ccc(F)cc1)[C@@H]1CCS(=O)(=O)C1. The molecule has 12 heteroatoms. The lowest BCUT2D eigenvalue weighted by Crippen LogP contribution is -2.40. The Kier molecular flexibility index (Phi) is 6.71. The fourth-order valence-corrected chi connectivity index (χ4v) is 6.83. The zero-order valence-electron chi connectivity index (χ0n) is 17.6. The molecule has 2 aromatic carbocycles. The molecule has 0 aliphatic carbocycles. The molecule has 2 aliphatic rings. The van der Waals surface area contributed by atoms with Gasteiger partial charge in [-0.1, -0.05) is 0 Å². The Morgan fingerprint density at radius 1 is 1.12 bits per heavy atom. The van der Waals surface area contributed by atoms with Gasteiger partial charge in [-0.2, -0.15) is 4.31 Å². The van der Waals surface area contributed by atoms with Crippen LogP contribution in [0.2, 0.25) is 0 Å². The quantitative estimate of drug-likeness (QED) is 0.647. The van der Waals surface area contributed by atoms with Crippen LogP contribution in [0.15, 0.2) is 47.4 Å². The number of ether oxygens (including phenoxy) is 2. The summed E-state index contributed by atoms with van der Waals surface area (Å²) in [5, 5.41) is 2.63. The minimum Gasteiger partial charge on any atom is -0.455 e. The van der Waals surface area contributed by atoms with Gasteiger partial charge in [-0.3, -0.25) is 4.79 Å². The number of sulfonamides is 1. The van der Waals surface area contributed by atoms with E-state index in [2.05, 4.69) is 5.32 Å². The van der Waals surface area contributed by atoms with E-state index in [9.17, 15) is 26.0 Å². The van der Waals surface area contributed by atoms with Crippen LogP contribution in [0.25, 0.3) is 0 Å². The Morgan fingerprint density at radius 2 is 1.82 bits per heavy atom. The van der Waals surface area contributed by atoms with Crippen molar-refractivity contribution in [3.05, 3.63) is 48.3 Å². The van der Waals surface area contributed by atoms with Gasteiger partial charge in [0, 0.05) is 13.1 Å². The van der Waals surface area contributed by atoms with Gasteiger partial charge in [-0.05, 0) is 48.9 Å². The molecule has 9 nitrogen and oxygen atoms in total. The Morgan fingerprint density at radius 3 is 2.45 bits per heavy atom. The molecule has 2 aromatic rings. The van der Waals surface area contributed by atoms with E-state index in [0.29, 0.717) is 0 Å². The number of benzene rings is 2. The van der Waals surface area contributed by atoms with Gasteiger partial charge >= 0.3 is 0 Å². The lowest BCUT2D eigenvalue weighted by atomic mass is 10.1. The average molecular weight is 499 g/mol. The molecule has 1 atom stereocenters. The standard InChI is InChI=1S/C21H23FN2O7S2/c22-16-1-3-17(4-2-16)31-20-6-5-18(33(28,29)24-8-10-30-11-9-24)13-19(20)23-21(25)15-7-12-32(26,27)14-15/h1-6,13,15H,7-12,14H2,(H,23,25)/t15-/m1/s1. The first kappa shape index (κ1) is 23.6. The van der Waals surface area contributed by atoms with Gasteiger partial charge in [0.05, 0.1) is 41.2 Å². The Bertz CT molecular complexity index is 1240. The van der Waals surface area contributed by atoms with Crippen LogP contribution in [0.5, 0.6) is 11.5 Å². The Balaban J connectivity index is 1.65. The van der Waals surface area contributed by atoms with Crippen molar-refractivity contribution in [3.63, 3.8) is 0 Å². The first-order valence-electron chi connectivity index (χ1n) is 10.3. The van der Waals surface area contributed by atoms with Crippen molar-refractivity contribution in [2.45, 2.75) is 11.3 Å². The number of nitrogens with zero attached hydrogens (tertiary/aromatic N) is 1. The fourth-order valence-electron chi connectivity index (χ4n) is 3.66. The second-order valence-electron chi connectivity index (χ2n) is 7.82. The molecule has 1 amide bonds. The van der Waals surface area contributed by atoms with E-state index in [1.54, 1.807) is 0 Å². The van der Waals surface area contributed by atoms with Gasteiger partial charge in [-0.15, -0.1) is 0 Å². The highest BCUT2D eigenvalue weighted by atomic mass is 32.2. The number of carbonyl (C=O) groups excluding carboxylic acids is 1. The van der Waals surface area contributed by atoms with Crippen LogP contribution in [0.4, 0.5) is 10.1 Å². The first-order valence-corrected chi connectivity index (χ1v) is 13.6. The van der Waals surface area contributed by atoms with Gasteiger partial charge in [0.15, 0.2) is 15.6 Å². The molecule has 0 unspecified atom stereocenters. The molecule has 2 saturated heterocycles. The summed E-state index contributed by atoms with van der Waals surface area (Å²) in [6.45, 7) is 0.977. The van der Waals surface area contributed by atoms with Crippen molar-refractivity contribution in [2.75, 3.05) is 43.1 Å². The molecule has 2 heterocycles. The molecule has 0 aromatic heterocycles. The van der Waals surface area contributed by atoms with Crippen molar-refractivity contribution < 1.29 is 35.5 Å². The van der Waals surface area contributed by atoms with Gasteiger partial charge in [0.2, 0.25) is 15.9 Å². The Hall–Kier alpha value is -2.54.